The normalized spacial score (nSPS) is 11.3. The number of carbonyl (C=O) groups is 1. The van der Waals surface area contributed by atoms with Crippen LogP contribution in [0.25, 0.3) is 10.9 Å². The van der Waals surface area contributed by atoms with Crippen LogP contribution in [0.15, 0.2) is 24.3 Å². The van der Waals surface area contributed by atoms with Gasteiger partial charge in [-0.2, -0.15) is 0 Å². The number of hydrogen-bond acceptors (Lipinski definition) is 2. The fraction of sp³-hybridized carbons (Fsp3) is 0.471. The van der Waals surface area contributed by atoms with Crippen LogP contribution in [0.5, 0.6) is 0 Å². The standard InChI is InChI=1S/C17H25N3O/c1-12(2)9-19-17(21)11-18-10-16-13(3)14-7-5-6-8-15(14)20(16)4/h5-8,12,18H,9-11H2,1-4H3,(H,19,21). The topological polar surface area (TPSA) is 46.1 Å². The Morgan fingerprint density at radius 3 is 2.67 bits per heavy atom. The SMILES string of the molecule is Cc1c(CNCC(=O)NCC(C)C)n(C)c2ccccc12. The first-order valence-corrected chi connectivity index (χ1v) is 7.51. The molecule has 0 aliphatic rings. The Morgan fingerprint density at radius 2 is 2.00 bits per heavy atom. The minimum absolute atomic E-state index is 0.0557. The van der Waals surface area contributed by atoms with Crippen molar-refractivity contribution in [1.29, 1.82) is 0 Å². The van der Waals surface area contributed by atoms with E-state index in [0.29, 0.717) is 19.0 Å². The molecule has 114 valence electrons. The van der Waals surface area contributed by atoms with Crippen LogP contribution in [0.1, 0.15) is 25.1 Å². The van der Waals surface area contributed by atoms with Gasteiger partial charge in [-0.3, -0.25) is 4.79 Å². The van der Waals surface area contributed by atoms with Crippen molar-refractivity contribution < 1.29 is 4.79 Å². The van der Waals surface area contributed by atoms with E-state index >= 15 is 0 Å². The lowest BCUT2D eigenvalue weighted by Crippen LogP contribution is -2.35. The van der Waals surface area contributed by atoms with E-state index in [1.807, 2.05) is 0 Å². The summed E-state index contributed by atoms with van der Waals surface area (Å²) in [5.41, 5.74) is 3.74. The molecule has 0 spiro atoms. The molecule has 2 aromatic rings. The second kappa shape index (κ2) is 6.76. The molecule has 0 fully saturated rings. The molecule has 1 heterocycles. The second-order valence-corrected chi connectivity index (χ2v) is 5.95. The molecule has 0 saturated heterocycles. The summed E-state index contributed by atoms with van der Waals surface area (Å²) in [6.07, 6.45) is 0. The molecule has 4 nitrogen and oxygen atoms in total. The highest BCUT2D eigenvalue weighted by atomic mass is 16.1. The van der Waals surface area contributed by atoms with Crippen molar-refractivity contribution >= 4 is 16.8 Å². The summed E-state index contributed by atoms with van der Waals surface area (Å²) in [4.78, 5) is 11.7. The number of aromatic nitrogens is 1. The monoisotopic (exact) mass is 287 g/mol. The lowest BCUT2D eigenvalue weighted by Gasteiger charge is -2.10. The average Bonchev–Trinajstić information content (AvgIpc) is 2.70. The highest BCUT2D eigenvalue weighted by Crippen LogP contribution is 2.24. The summed E-state index contributed by atoms with van der Waals surface area (Å²) < 4.78 is 2.20. The van der Waals surface area contributed by atoms with Crippen molar-refractivity contribution in [2.24, 2.45) is 13.0 Å². The van der Waals surface area contributed by atoms with Crippen molar-refractivity contribution in [2.45, 2.75) is 27.3 Å². The third kappa shape index (κ3) is 3.64. The number of carbonyl (C=O) groups excluding carboxylic acids is 1. The van der Waals surface area contributed by atoms with Crippen molar-refractivity contribution in [3.63, 3.8) is 0 Å². The first-order valence-electron chi connectivity index (χ1n) is 7.51. The summed E-state index contributed by atoms with van der Waals surface area (Å²) in [6.45, 7) is 8.10. The summed E-state index contributed by atoms with van der Waals surface area (Å²) >= 11 is 0. The van der Waals surface area contributed by atoms with Gasteiger partial charge in [-0.1, -0.05) is 32.0 Å². The number of nitrogens with zero attached hydrogens (tertiary/aromatic N) is 1. The van der Waals surface area contributed by atoms with Crippen LogP contribution < -0.4 is 10.6 Å². The maximum absolute atomic E-state index is 11.7. The molecular weight excluding hydrogens is 262 g/mol. The number of aryl methyl sites for hydroxylation is 2. The van der Waals surface area contributed by atoms with Gasteiger partial charge in [-0.25, -0.2) is 0 Å². The van der Waals surface area contributed by atoms with Gasteiger partial charge in [0, 0.05) is 36.7 Å². The Morgan fingerprint density at radius 1 is 1.29 bits per heavy atom. The first kappa shape index (κ1) is 15.6. The Balaban J connectivity index is 1.96. The van der Waals surface area contributed by atoms with Crippen LogP contribution >= 0.6 is 0 Å². The van der Waals surface area contributed by atoms with Gasteiger partial charge in [0.15, 0.2) is 0 Å². The summed E-state index contributed by atoms with van der Waals surface area (Å²) in [7, 11) is 2.07. The van der Waals surface area contributed by atoms with Gasteiger partial charge in [-0.05, 0) is 24.5 Å². The number of nitrogens with one attached hydrogen (secondary N) is 2. The second-order valence-electron chi connectivity index (χ2n) is 5.95. The molecule has 2 N–H and O–H groups in total. The van der Waals surface area contributed by atoms with E-state index in [4.69, 9.17) is 0 Å². The zero-order chi connectivity index (χ0) is 15.4. The quantitative estimate of drug-likeness (QED) is 0.856. The van der Waals surface area contributed by atoms with Crippen LogP contribution in [0.4, 0.5) is 0 Å². The number of amides is 1. The predicted molar refractivity (Wildman–Crippen MR) is 87.2 cm³/mol. The molecule has 0 radical (unpaired) electrons. The van der Waals surface area contributed by atoms with Gasteiger partial charge in [0.05, 0.1) is 6.54 Å². The molecular formula is C17H25N3O. The van der Waals surface area contributed by atoms with Gasteiger partial charge in [0.1, 0.15) is 0 Å². The number of para-hydroxylation sites is 1. The molecule has 0 saturated carbocycles. The molecule has 2 rings (SSSR count). The van der Waals surface area contributed by atoms with Gasteiger partial charge < -0.3 is 15.2 Å². The van der Waals surface area contributed by atoms with Crippen molar-refractivity contribution in [1.82, 2.24) is 15.2 Å². The predicted octanol–water partition coefficient (Wildman–Crippen LogP) is 2.35. The van der Waals surface area contributed by atoms with Crippen molar-refractivity contribution in [2.75, 3.05) is 13.1 Å². The van der Waals surface area contributed by atoms with E-state index in [1.54, 1.807) is 0 Å². The zero-order valence-corrected chi connectivity index (χ0v) is 13.4. The Labute approximate surface area is 126 Å². The molecule has 0 bridgehead atoms. The van der Waals surface area contributed by atoms with E-state index < -0.39 is 0 Å². The fourth-order valence-corrected chi connectivity index (χ4v) is 2.56. The van der Waals surface area contributed by atoms with Crippen LogP contribution in [0.3, 0.4) is 0 Å². The maximum Gasteiger partial charge on any atom is 0.233 e. The number of rotatable bonds is 6. The Hall–Kier alpha value is -1.81. The molecule has 1 aromatic carbocycles. The van der Waals surface area contributed by atoms with Crippen LogP contribution in [0, 0.1) is 12.8 Å². The van der Waals surface area contributed by atoms with E-state index in [1.165, 1.54) is 22.2 Å². The van der Waals surface area contributed by atoms with Gasteiger partial charge in [0.25, 0.3) is 0 Å². The fourth-order valence-electron chi connectivity index (χ4n) is 2.56. The molecule has 0 unspecified atom stereocenters. The van der Waals surface area contributed by atoms with Crippen LogP contribution in [-0.2, 0) is 18.4 Å². The van der Waals surface area contributed by atoms with Gasteiger partial charge in [0.2, 0.25) is 5.91 Å². The zero-order valence-electron chi connectivity index (χ0n) is 13.4. The molecule has 0 aliphatic heterocycles. The largest absolute Gasteiger partial charge is 0.355 e. The van der Waals surface area contributed by atoms with Crippen molar-refractivity contribution in [3.8, 4) is 0 Å². The lowest BCUT2D eigenvalue weighted by molar-refractivity contribution is -0.120. The molecule has 1 aromatic heterocycles. The molecule has 0 aliphatic carbocycles. The molecule has 4 heteroatoms. The van der Waals surface area contributed by atoms with Crippen LogP contribution in [0.2, 0.25) is 0 Å². The van der Waals surface area contributed by atoms with E-state index in [-0.39, 0.29) is 5.91 Å². The number of benzene rings is 1. The minimum Gasteiger partial charge on any atom is -0.355 e. The summed E-state index contributed by atoms with van der Waals surface area (Å²) in [5.74, 6) is 0.537. The van der Waals surface area contributed by atoms with Gasteiger partial charge in [-0.15, -0.1) is 0 Å². The summed E-state index contributed by atoms with van der Waals surface area (Å²) in [5, 5.41) is 7.43. The maximum atomic E-state index is 11.7. The molecule has 1 amide bonds. The average molecular weight is 287 g/mol. The third-order valence-electron chi connectivity index (χ3n) is 3.79. The Bertz CT molecular complexity index is 589. The van der Waals surface area contributed by atoms with Crippen molar-refractivity contribution in [3.05, 3.63) is 35.5 Å². The highest BCUT2D eigenvalue weighted by molar-refractivity contribution is 5.85. The van der Waals surface area contributed by atoms with E-state index in [9.17, 15) is 4.79 Å². The smallest absolute Gasteiger partial charge is 0.233 e. The lowest BCUT2D eigenvalue weighted by atomic mass is 10.1. The number of hydrogen-bond donors (Lipinski definition) is 2. The minimum atomic E-state index is 0.0557. The van der Waals surface area contributed by atoms with E-state index in [0.717, 1.165) is 6.54 Å². The van der Waals surface area contributed by atoms with Crippen LogP contribution in [-0.4, -0.2) is 23.6 Å². The molecule has 0 atom stereocenters. The third-order valence-corrected chi connectivity index (χ3v) is 3.79. The first-order chi connectivity index (χ1) is 10.0. The Kier molecular flexibility index (Phi) is 5.02. The van der Waals surface area contributed by atoms with E-state index in [2.05, 4.69) is 67.3 Å². The summed E-state index contributed by atoms with van der Waals surface area (Å²) in [6, 6.07) is 8.38. The number of fused-ring (bicyclic) bond motifs is 1. The molecule has 21 heavy (non-hydrogen) atoms. The van der Waals surface area contributed by atoms with Gasteiger partial charge >= 0.3 is 0 Å². The highest BCUT2D eigenvalue weighted by Gasteiger charge is 2.11.